The van der Waals surface area contributed by atoms with Crippen molar-refractivity contribution >= 4 is 28.2 Å². The summed E-state index contributed by atoms with van der Waals surface area (Å²) in [5, 5.41) is 3.73. The number of aromatic nitrogens is 1. The van der Waals surface area contributed by atoms with E-state index in [2.05, 4.69) is 15.0 Å². The van der Waals surface area contributed by atoms with Gasteiger partial charge in [-0.25, -0.2) is 0 Å². The summed E-state index contributed by atoms with van der Waals surface area (Å²) in [6, 6.07) is 15.7. The molecule has 2 aromatic carbocycles. The van der Waals surface area contributed by atoms with Gasteiger partial charge in [0.05, 0.1) is 12.1 Å². The van der Waals surface area contributed by atoms with Crippen molar-refractivity contribution in [3.05, 3.63) is 60.3 Å². The molecule has 1 amide bonds. The molecule has 0 saturated carbocycles. The Hall–Kier alpha value is -3.22. The summed E-state index contributed by atoms with van der Waals surface area (Å²) in [5.41, 5.74) is 2.84. The third kappa shape index (κ3) is 4.54. The van der Waals surface area contributed by atoms with Crippen LogP contribution in [0.2, 0.25) is 0 Å². The van der Waals surface area contributed by atoms with E-state index in [1.54, 1.807) is 17.0 Å². The number of pyridine rings is 1. The normalized spacial score (nSPS) is 10.9. The molecule has 1 heterocycles. The first kappa shape index (κ1) is 19.5. The van der Waals surface area contributed by atoms with Crippen molar-refractivity contribution in [2.75, 3.05) is 23.3 Å². The van der Waals surface area contributed by atoms with Crippen molar-refractivity contribution in [2.24, 2.45) is 0 Å². The zero-order chi connectivity index (χ0) is 20.1. The van der Waals surface area contributed by atoms with Gasteiger partial charge in [-0.1, -0.05) is 18.2 Å². The number of anilines is 2. The molecular formula is C21H21F2N3O2. The first-order valence-corrected chi connectivity index (χ1v) is 8.93. The third-order valence-electron chi connectivity index (χ3n) is 4.25. The molecule has 1 N–H and O–H groups in total. The molecule has 0 fully saturated rings. The Morgan fingerprint density at radius 1 is 1.18 bits per heavy atom. The predicted molar refractivity (Wildman–Crippen MR) is 106 cm³/mol. The Bertz CT molecular complexity index is 965. The minimum atomic E-state index is -2.90. The number of nitrogens with one attached hydrogen (secondary N) is 1. The highest BCUT2D eigenvalue weighted by molar-refractivity contribution is 5.98. The van der Waals surface area contributed by atoms with Gasteiger partial charge >= 0.3 is 6.61 Å². The second-order valence-electron chi connectivity index (χ2n) is 6.20. The lowest BCUT2D eigenvalue weighted by molar-refractivity contribution is -0.116. The molecule has 7 heteroatoms. The minimum Gasteiger partial charge on any atom is -0.435 e. The molecule has 146 valence electrons. The highest BCUT2D eigenvalue weighted by Gasteiger charge is 2.15. The quantitative estimate of drug-likeness (QED) is 0.645. The number of alkyl halides is 2. The van der Waals surface area contributed by atoms with Crippen LogP contribution in [0.5, 0.6) is 5.75 Å². The van der Waals surface area contributed by atoms with E-state index in [0.29, 0.717) is 23.1 Å². The van der Waals surface area contributed by atoms with Crippen LogP contribution in [0, 0.1) is 6.92 Å². The summed E-state index contributed by atoms with van der Waals surface area (Å²) in [6.07, 6.45) is 0. The van der Waals surface area contributed by atoms with E-state index < -0.39 is 6.61 Å². The van der Waals surface area contributed by atoms with Crippen molar-refractivity contribution in [3.8, 4) is 5.75 Å². The van der Waals surface area contributed by atoms with Gasteiger partial charge < -0.3 is 15.0 Å². The number of ether oxygens (including phenoxy) is 1. The lowest BCUT2D eigenvalue weighted by Gasteiger charge is -2.22. The molecule has 0 aliphatic rings. The maximum Gasteiger partial charge on any atom is 0.387 e. The van der Waals surface area contributed by atoms with E-state index in [0.717, 1.165) is 11.4 Å². The molecule has 0 atom stereocenters. The van der Waals surface area contributed by atoms with E-state index in [1.165, 1.54) is 12.1 Å². The van der Waals surface area contributed by atoms with Gasteiger partial charge in [-0.3, -0.25) is 9.78 Å². The number of amides is 1. The number of halogens is 2. The van der Waals surface area contributed by atoms with Crippen molar-refractivity contribution in [2.45, 2.75) is 20.5 Å². The van der Waals surface area contributed by atoms with Gasteiger partial charge in [0.15, 0.2) is 0 Å². The largest absolute Gasteiger partial charge is 0.435 e. The SMILES string of the molecule is CCN(C(=O)CNc1cc(C)nc2ccc(OC(F)F)cc12)c1ccccc1. The lowest BCUT2D eigenvalue weighted by Crippen LogP contribution is -2.35. The van der Waals surface area contributed by atoms with Crippen molar-refractivity contribution in [1.82, 2.24) is 4.98 Å². The topological polar surface area (TPSA) is 54.5 Å². The van der Waals surface area contributed by atoms with Gasteiger partial charge in [0.2, 0.25) is 5.91 Å². The highest BCUT2D eigenvalue weighted by atomic mass is 19.3. The number of para-hydroxylation sites is 1. The number of rotatable bonds is 7. The molecule has 0 radical (unpaired) electrons. The molecule has 0 aliphatic heterocycles. The number of carbonyl (C=O) groups excluding carboxylic acids is 1. The Balaban J connectivity index is 1.83. The maximum atomic E-state index is 12.7. The molecule has 28 heavy (non-hydrogen) atoms. The predicted octanol–water partition coefficient (Wildman–Crippen LogP) is 4.61. The second kappa shape index (κ2) is 8.65. The summed E-state index contributed by atoms with van der Waals surface area (Å²) in [4.78, 5) is 18.8. The van der Waals surface area contributed by atoms with Crippen LogP contribution in [0.4, 0.5) is 20.2 Å². The van der Waals surface area contributed by atoms with Crippen LogP contribution in [0.1, 0.15) is 12.6 Å². The van der Waals surface area contributed by atoms with E-state index in [-0.39, 0.29) is 18.2 Å². The fourth-order valence-electron chi connectivity index (χ4n) is 3.04. The monoisotopic (exact) mass is 385 g/mol. The van der Waals surface area contributed by atoms with Crippen LogP contribution >= 0.6 is 0 Å². The summed E-state index contributed by atoms with van der Waals surface area (Å²) in [6.45, 7) is 1.43. The minimum absolute atomic E-state index is 0.0435. The van der Waals surface area contributed by atoms with Crippen LogP contribution < -0.4 is 15.0 Å². The number of aryl methyl sites for hydroxylation is 1. The first-order chi connectivity index (χ1) is 13.5. The number of hydrogen-bond acceptors (Lipinski definition) is 4. The molecule has 0 saturated heterocycles. The zero-order valence-corrected chi connectivity index (χ0v) is 15.7. The molecule has 0 aliphatic carbocycles. The third-order valence-corrected chi connectivity index (χ3v) is 4.25. The smallest absolute Gasteiger partial charge is 0.387 e. The van der Waals surface area contributed by atoms with Crippen molar-refractivity contribution in [3.63, 3.8) is 0 Å². The summed E-state index contributed by atoms with van der Waals surface area (Å²) < 4.78 is 29.5. The molecular weight excluding hydrogens is 364 g/mol. The summed E-state index contributed by atoms with van der Waals surface area (Å²) in [7, 11) is 0. The number of benzene rings is 2. The van der Waals surface area contributed by atoms with Gasteiger partial charge in [0, 0.05) is 29.0 Å². The van der Waals surface area contributed by atoms with E-state index in [4.69, 9.17) is 0 Å². The van der Waals surface area contributed by atoms with E-state index in [9.17, 15) is 13.6 Å². The van der Waals surface area contributed by atoms with Crippen LogP contribution in [-0.2, 0) is 4.79 Å². The molecule has 0 unspecified atom stereocenters. The van der Waals surface area contributed by atoms with Crippen LogP contribution in [0.15, 0.2) is 54.6 Å². The van der Waals surface area contributed by atoms with Gasteiger partial charge in [-0.15, -0.1) is 0 Å². The summed E-state index contributed by atoms with van der Waals surface area (Å²) >= 11 is 0. The number of fused-ring (bicyclic) bond motifs is 1. The molecule has 0 spiro atoms. The van der Waals surface area contributed by atoms with E-state index >= 15 is 0 Å². The average Bonchev–Trinajstić information content (AvgIpc) is 2.67. The van der Waals surface area contributed by atoms with Gasteiger partial charge in [-0.05, 0) is 50.2 Å². The Kier molecular flexibility index (Phi) is 6.03. The zero-order valence-electron chi connectivity index (χ0n) is 15.7. The molecule has 1 aromatic heterocycles. The standard InChI is InChI=1S/C21H21F2N3O2/c1-3-26(15-7-5-4-6-8-15)20(27)13-24-19-11-14(2)25-18-10-9-16(12-17(18)19)28-21(22)23/h4-12,21H,3,13H2,1-2H3,(H,24,25). The highest BCUT2D eigenvalue weighted by Crippen LogP contribution is 2.28. The Labute approximate surface area is 161 Å². The fraction of sp³-hybridized carbons (Fsp3) is 0.238. The van der Waals surface area contributed by atoms with E-state index in [1.807, 2.05) is 44.2 Å². The average molecular weight is 385 g/mol. The fourth-order valence-corrected chi connectivity index (χ4v) is 3.04. The molecule has 3 aromatic rings. The van der Waals surface area contributed by atoms with Crippen molar-refractivity contribution in [1.29, 1.82) is 0 Å². The van der Waals surface area contributed by atoms with Crippen LogP contribution in [0.3, 0.4) is 0 Å². The molecule has 0 bridgehead atoms. The maximum absolute atomic E-state index is 12.7. The molecule has 5 nitrogen and oxygen atoms in total. The van der Waals surface area contributed by atoms with Crippen LogP contribution in [0.25, 0.3) is 10.9 Å². The van der Waals surface area contributed by atoms with Gasteiger partial charge in [0.1, 0.15) is 5.75 Å². The Morgan fingerprint density at radius 3 is 2.61 bits per heavy atom. The second-order valence-corrected chi connectivity index (χ2v) is 6.20. The molecule has 3 rings (SSSR count). The summed E-state index contributed by atoms with van der Waals surface area (Å²) in [5.74, 6) is -0.0571. The number of nitrogens with zero attached hydrogens (tertiary/aromatic N) is 2. The Morgan fingerprint density at radius 2 is 1.93 bits per heavy atom. The number of carbonyl (C=O) groups is 1. The van der Waals surface area contributed by atoms with Crippen LogP contribution in [-0.4, -0.2) is 30.6 Å². The first-order valence-electron chi connectivity index (χ1n) is 8.93. The van der Waals surface area contributed by atoms with Crippen molar-refractivity contribution < 1.29 is 18.3 Å². The number of hydrogen-bond donors (Lipinski definition) is 1. The van der Waals surface area contributed by atoms with Gasteiger partial charge in [-0.2, -0.15) is 8.78 Å². The number of likely N-dealkylation sites (N-methyl/N-ethyl adjacent to an activating group) is 1. The lowest BCUT2D eigenvalue weighted by atomic mass is 10.1. The van der Waals surface area contributed by atoms with Gasteiger partial charge in [0.25, 0.3) is 0 Å².